The Morgan fingerprint density at radius 3 is 2.58 bits per heavy atom. The lowest BCUT2D eigenvalue weighted by Crippen LogP contribution is -1.94. The van der Waals surface area contributed by atoms with Crippen molar-refractivity contribution in [2.75, 3.05) is 6.54 Å². The molecule has 2 N–H and O–H groups in total. The summed E-state index contributed by atoms with van der Waals surface area (Å²) in [7, 11) is 2.07. The SMILES string of the molecule is Cc1cc(/C=C/CN)c(C)n1C. The maximum atomic E-state index is 5.38. The third kappa shape index (κ3) is 1.59. The average Bonchev–Trinajstić information content (AvgIpc) is 2.30. The molecule has 0 saturated heterocycles. The summed E-state index contributed by atoms with van der Waals surface area (Å²) in [4.78, 5) is 0. The molecule has 66 valence electrons. The highest BCUT2D eigenvalue weighted by atomic mass is 14.9. The zero-order chi connectivity index (χ0) is 9.14. The fraction of sp³-hybridized carbons (Fsp3) is 0.400. The van der Waals surface area contributed by atoms with Crippen LogP contribution in [-0.4, -0.2) is 11.1 Å². The van der Waals surface area contributed by atoms with E-state index in [-0.39, 0.29) is 0 Å². The van der Waals surface area contributed by atoms with E-state index in [1.807, 2.05) is 6.08 Å². The van der Waals surface area contributed by atoms with Crippen LogP contribution in [-0.2, 0) is 7.05 Å². The van der Waals surface area contributed by atoms with Crippen molar-refractivity contribution in [3.8, 4) is 0 Å². The lowest BCUT2D eigenvalue weighted by atomic mass is 10.2. The molecule has 0 aromatic carbocycles. The van der Waals surface area contributed by atoms with Gasteiger partial charge in [-0.2, -0.15) is 0 Å². The van der Waals surface area contributed by atoms with E-state index < -0.39 is 0 Å². The lowest BCUT2D eigenvalue weighted by Gasteiger charge is -1.98. The molecular formula is C10H16N2. The summed E-state index contributed by atoms with van der Waals surface area (Å²) in [5, 5.41) is 0. The third-order valence-electron chi connectivity index (χ3n) is 2.25. The van der Waals surface area contributed by atoms with Gasteiger partial charge >= 0.3 is 0 Å². The van der Waals surface area contributed by atoms with Crippen molar-refractivity contribution < 1.29 is 0 Å². The molecule has 0 radical (unpaired) electrons. The smallest absolute Gasteiger partial charge is 0.0215 e. The molecule has 1 rings (SSSR count). The summed E-state index contributed by atoms with van der Waals surface area (Å²) in [6.45, 7) is 4.82. The molecular weight excluding hydrogens is 148 g/mol. The van der Waals surface area contributed by atoms with Crippen molar-refractivity contribution in [1.82, 2.24) is 4.57 Å². The van der Waals surface area contributed by atoms with E-state index in [0.717, 1.165) is 0 Å². The van der Waals surface area contributed by atoms with Crippen molar-refractivity contribution in [2.24, 2.45) is 12.8 Å². The first-order chi connectivity index (χ1) is 5.66. The predicted molar refractivity (Wildman–Crippen MR) is 53.0 cm³/mol. The zero-order valence-corrected chi connectivity index (χ0v) is 7.96. The molecule has 0 unspecified atom stereocenters. The summed E-state index contributed by atoms with van der Waals surface area (Å²) < 4.78 is 2.18. The van der Waals surface area contributed by atoms with E-state index >= 15 is 0 Å². The van der Waals surface area contributed by atoms with E-state index in [0.29, 0.717) is 6.54 Å². The van der Waals surface area contributed by atoms with Gasteiger partial charge in [-0.1, -0.05) is 12.2 Å². The van der Waals surface area contributed by atoms with E-state index in [4.69, 9.17) is 5.73 Å². The largest absolute Gasteiger partial charge is 0.352 e. The second kappa shape index (κ2) is 3.59. The van der Waals surface area contributed by atoms with Gasteiger partial charge in [0.1, 0.15) is 0 Å². The standard InChI is InChI=1S/C10H16N2/c1-8-7-10(5-4-6-11)9(2)12(8)3/h4-5,7H,6,11H2,1-3H3/b5-4+. The number of nitrogens with zero attached hydrogens (tertiary/aromatic N) is 1. The van der Waals surface area contributed by atoms with Crippen molar-refractivity contribution >= 4 is 6.08 Å². The van der Waals surface area contributed by atoms with Crippen LogP contribution in [0.15, 0.2) is 12.1 Å². The summed E-state index contributed by atoms with van der Waals surface area (Å²) in [5.41, 5.74) is 9.21. The molecule has 0 aliphatic rings. The van der Waals surface area contributed by atoms with Crippen LogP contribution in [0.3, 0.4) is 0 Å². The molecule has 0 saturated carbocycles. The predicted octanol–water partition coefficient (Wildman–Crippen LogP) is 1.61. The molecule has 0 amide bonds. The Morgan fingerprint density at radius 2 is 2.17 bits per heavy atom. The van der Waals surface area contributed by atoms with Crippen LogP contribution in [0.1, 0.15) is 17.0 Å². The van der Waals surface area contributed by atoms with E-state index in [1.54, 1.807) is 0 Å². The van der Waals surface area contributed by atoms with Crippen molar-refractivity contribution in [3.63, 3.8) is 0 Å². The average molecular weight is 164 g/mol. The molecule has 1 heterocycles. The summed E-state index contributed by atoms with van der Waals surface area (Å²) >= 11 is 0. The summed E-state index contributed by atoms with van der Waals surface area (Å²) in [6, 6.07) is 2.17. The summed E-state index contributed by atoms with van der Waals surface area (Å²) in [6.07, 6.45) is 4.05. The Bertz CT molecular complexity index is 295. The van der Waals surface area contributed by atoms with Crippen molar-refractivity contribution in [2.45, 2.75) is 13.8 Å². The van der Waals surface area contributed by atoms with Crippen LogP contribution in [0.25, 0.3) is 6.08 Å². The van der Waals surface area contributed by atoms with Crippen molar-refractivity contribution in [3.05, 3.63) is 29.1 Å². The van der Waals surface area contributed by atoms with Crippen LogP contribution < -0.4 is 5.73 Å². The number of rotatable bonds is 2. The fourth-order valence-electron chi connectivity index (χ4n) is 1.25. The van der Waals surface area contributed by atoms with Crippen LogP contribution in [0.4, 0.5) is 0 Å². The first-order valence-electron chi connectivity index (χ1n) is 4.16. The monoisotopic (exact) mass is 164 g/mol. The number of hydrogen-bond acceptors (Lipinski definition) is 1. The van der Waals surface area contributed by atoms with Crippen molar-refractivity contribution in [1.29, 1.82) is 0 Å². The van der Waals surface area contributed by atoms with Gasteiger partial charge in [-0.25, -0.2) is 0 Å². The van der Waals surface area contributed by atoms with E-state index in [1.165, 1.54) is 17.0 Å². The lowest BCUT2D eigenvalue weighted by molar-refractivity contribution is 0.843. The molecule has 0 aliphatic heterocycles. The first kappa shape index (κ1) is 9.07. The van der Waals surface area contributed by atoms with Crippen LogP contribution in [0, 0.1) is 13.8 Å². The van der Waals surface area contributed by atoms with Gasteiger partial charge in [0, 0.05) is 25.0 Å². The number of nitrogens with two attached hydrogens (primary N) is 1. The number of hydrogen-bond donors (Lipinski definition) is 1. The quantitative estimate of drug-likeness (QED) is 0.707. The van der Waals surface area contributed by atoms with Gasteiger partial charge in [0.05, 0.1) is 0 Å². The Labute approximate surface area is 73.7 Å². The molecule has 0 aliphatic carbocycles. The molecule has 2 nitrogen and oxygen atoms in total. The maximum Gasteiger partial charge on any atom is 0.0215 e. The Morgan fingerprint density at radius 1 is 1.50 bits per heavy atom. The second-order valence-corrected chi connectivity index (χ2v) is 3.02. The minimum Gasteiger partial charge on any atom is -0.352 e. The Hall–Kier alpha value is -1.02. The first-order valence-corrected chi connectivity index (χ1v) is 4.16. The fourth-order valence-corrected chi connectivity index (χ4v) is 1.25. The number of aromatic nitrogens is 1. The van der Waals surface area contributed by atoms with E-state index in [2.05, 4.69) is 37.6 Å². The molecule has 0 fully saturated rings. The third-order valence-corrected chi connectivity index (χ3v) is 2.25. The van der Waals surface area contributed by atoms with Gasteiger partial charge < -0.3 is 10.3 Å². The highest BCUT2D eigenvalue weighted by Gasteiger charge is 2.01. The Balaban J connectivity index is 3.01. The normalized spacial score (nSPS) is 11.3. The van der Waals surface area contributed by atoms with Gasteiger partial charge in [0.25, 0.3) is 0 Å². The van der Waals surface area contributed by atoms with Gasteiger partial charge in [0.2, 0.25) is 0 Å². The molecule has 0 atom stereocenters. The molecule has 1 aromatic rings. The Kier molecular flexibility index (Phi) is 2.71. The van der Waals surface area contributed by atoms with Gasteiger partial charge in [0.15, 0.2) is 0 Å². The number of aryl methyl sites for hydroxylation is 1. The molecule has 0 spiro atoms. The molecule has 1 aromatic heterocycles. The molecule has 2 heteroatoms. The summed E-state index contributed by atoms with van der Waals surface area (Å²) in [5.74, 6) is 0. The van der Waals surface area contributed by atoms with Crippen LogP contribution in [0.2, 0.25) is 0 Å². The minimum atomic E-state index is 0.605. The van der Waals surface area contributed by atoms with E-state index in [9.17, 15) is 0 Å². The topological polar surface area (TPSA) is 30.9 Å². The highest BCUT2D eigenvalue weighted by molar-refractivity contribution is 5.53. The van der Waals surface area contributed by atoms with Gasteiger partial charge in [-0.05, 0) is 25.5 Å². The maximum absolute atomic E-state index is 5.38. The van der Waals surface area contributed by atoms with Crippen LogP contribution >= 0.6 is 0 Å². The van der Waals surface area contributed by atoms with Gasteiger partial charge in [-0.15, -0.1) is 0 Å². The zero-order valence-electron chi connectivity index (χ0n) is 7.96. The molecule has 12 heavy (non-hydrogen) atoms. The van der Waals surface area contributed by atoms with Crippen LogP contribution in [0.5, 0.6) is 0 Å². The second-order valence-electron chi connectivity index (χ2n) is 3.02. The highest BCUT2D eigenvalue weighted by Crippen LogP contribution is 2.14. The molecule has 0 bridgehead atoms. The minimum absolute atomic E-state index is 0.605. The van der Waals surface area contributed by atoms with Gasteiger partial charge in [-0.3, -0.25) is 0 Å².